The van der Waals surface area contributed by atoms with E-state index in [9.17, 15) is 13.2 Å². The van der Waals surface area contributed by atoms with Crippen LogP contribution in [0.15, 0.2) is 17.2 Å². The number of halogens is 3. The molecule has 1 aromatic carbocycles. The van der Waals surface area contributed by atoms with E-state index in [4.69, 9.17) is 5.73 Å². The standard InChI is InChI=1S/C8H6F3N3S/c9-5-1-4(2-6(10)7(5)11)3-13-14-8(12)15/h1-3H,(H3,12,14,15). The first kappa shape index (κ1) is 11.4. The van der Waals surface area contributed by atoms with Gasteiger partial charge in [-0.15, -0.1) is 0 Å². The Labute approximate surface area is 88.8 Å². The van der Waals surface area contributed by atoms with E-state index in [0.29, 0.717) is 0 Å². The van der Waals surface area contributed by atoms with E-state index in [0.717, 1.165) is 18.3 Å². The van der Waals surface area contributed by atoms with Crippen LogP contribution < -0.4 is 11.2 Å². The van der Waals surface area contributed by atoms with Gasteiger partial charge in [-0.3, -0.25) is 5.43 Å². The van der Waals surface area contributed by atoms with Crippen molar-refractivity contribution in [2.24, 2.45) is 10.8 Å². The maximum absolute atomic E-state index is 12.7. The zero-order valence-corrected chi connectivity index (χ0v) is 8.12. The molecule has 0 heterocycles. The van der Waals surface area contributed by atoms with Gasteiger partial charge in [0.2, 0.25) is 0 Å². The van der Waals surface area contributed by atoms with Crippen molar-refractivity contribution in [2.45, 2.75) is 0 Å². The quantitative estimate of drug-likeness (QED) is 0.350. The number of nitrogens with zero attached hydrogens (tertiary/aromatic N) is 1. The smallest absolute Gasteiger partial charge is 0.194 e. The molecule has 0 aliphatic carbocycles. The van der Waals surface area contributed by atoms with Gasteiger partial charge in [0.15, 0.2) is 22.6 Å². The van der Waals surface area contributed by atoms with Crippen LogP contribution in [0.5, 0.6) is 0 Å². The van der Waals surface area contributed by atoms with E-state index in [1.807, 2.05) is 0 Å². The van der Waals surface area contributed by atoms with Crippen LogP contribution in [0, 0.1) is 17.5 Å². The first-order chi connectivity index (χ1) is 7.00. The van der Waals surface area contributed by atoms with Gasteiger partial charge in [-0.25, -0.2) is 13.2 Å². The topological polar surface area (TPSA) is 50.4 Å². The second kappa shape index (κ2) is 4.74. The van der Waals surface area contributed by atoms with E-state index in [1.54, 1.807) is 0 Å². The van der Waals surface area contributed by atoms with Crippen LogP contribution in [-0.4, -0.2) is 11.3 Å². The van der Waals surface area contributed by atoms with E-state index in [1.165, 1.54) is 0 Å². The minimum Gasteiger partial charge on any atom is -0.375 e. The van der Waals surface area contributed by atoms with Crippen LogP contribution in [0.3, 0.4) is 0 Å². The third-order valence-electron chi connectivity index (χ3n) is 1.39. The summed E-state index contributed by atoms with van der Waals surface area (Å²) in [6.07, 6.45) is 1.06. The highest BCUT2D eigenvalue weighted by Crippen LogP contribution is 2.11. The molecule has 0 aromatic heterocycles. The summed E-state index contributed by atoms with van der Waals surface area (Å²) < 4.78 is 37.9. The number of hydrogen-bond donors (Lipinski definition) is 2. The lowest BCUT2D eigenvalue weighted by atomic mass is 10.2. The molecule has 3 N–H and O–H groups in total. The molecule has 0 spiro atoms. The molecule has 0 radical (unpaired) electrons. The Hall–Kier alpha value is -1.63. The molecule has 1 aromatic rings. The molecular weight excluding hydrogens is 227 g/mol. The number of nitrogens with one attached hydrogen (secondary N) is 1. The predicted octanol–water partition coefficient (Wildman–Crippen LogP) is 1.27. The number of thiocarbonyl (C=S) groups is 1. The van der Waals surface area contributed by atoms with Crippen LogP contribution in [0.1, 0.15) is 5.56 Å². The number of rotatable bonds is 2. The third-order valence-corrected chi connectivity index (χ3v) is 1.49. The molecule has 0 saturated carbocycles. The predicted molar refractivity (Wildman–Crippen MR) is 53.8 cm³/mol. The summed E-state index contributed by atoms with van der Waals surface area (Å²) in [6.45, 7) is 0. The minimum atomic E-state index is -1.52. The summed E-state index contributed by atoms with van der Waals surface area (Å²) >= 11 is 4.43. The lowest BCUT2D eigenvalue weighted by Gasteiger charge is -1.98. The second-order valence-electron chi connectivity index (χ2n) is 2.53. The largest absolute Gasteiger partial charge is 0.375 e. The van der Waals surface area contributed by atoms with Gasteiger partial charge in [0.1, 0.15) is 0 Å². The summed E-state index contributed by atoms with van der Waals surface area (Å²) in [6, 6.07) is 1.59. The highest BCUT2D eigenvalue weighted by atomic mass is 32.1. The molecule has 0 fully saturated rings. The van der Waals surface area contributed by atoms with Gasteiger partial charge in [0, 0.05) is 5.56 Å². The van der Waals surface area contributed by atoms with Crippen molar-refractivity contribution in [3.8, 4) is 0 Å². The Morgan fingerprint density at radius 3 is 2.33 bits per heavy atom. The normalized spacial score (nSPS) is 10.6. The minimum absolute atomic E-state index is 0.0511. The maximum Gasteiger partial charge on any atom is 0.194 e. The van der Waals surface area contributed by atoms with Crippen LogP contribution in [-0.2, 0) is 0 Å². The van der Waals surface area contributed by atoms with Gasteiger partial charge >= 0.3 is 0 Å². The molecule has 80 valence electrons. The van der Waals surface area contributed by atoms with Crippen molar-refractivity contribution in [2.75, 3.05) is 0 Å². The Morgan fingerprint density at radius 1 is 1.33 bits per heavy atom. The fourth-order valence-electron chi connectivity index (χ4n) is 0.820. The Morgan fingerprint density at radius 2 is 1.87 bits per heavy atom. The summed E-state index contributed by atoms with van der Waals surface area (Å²) in [5.41, 5.74) is 7.28. The van der Waals surface area contributed by atoms with E-state index >= 15 is 0 Å². The molecule has 0 saturated heterocycles. The van der Waals surface area contributed by atoms with Gasteiger partial charge in [-0.1, -0.05) is 0 Å². The number of hydrogen-bond acceptors (Lipinski definition) is 2. The Kier molecular flexibility index (Phi) is 3.62. The summed E-state index contributed by atoms with van der Waals surface area (Å²) in [7, 11) is 0. The van der Waals surface area contributed by atoms with E-state index in [-0.39, 0.29) is 10.7 Å². The van der Waals surface area contributed by atoms with Crippen molar-refractivity contribution in [3.05, 3.63) is 35.1 Å². The fourth-order valence-corrected chi connectivity index (χ4v) is 0.873. The van der Waals surface area contributed by atoms with Crippen LogP contribution in [0.25, 0.3) is 0 Å². The first-order valence-corrected chi connectivity index (χ1v) is 4.14. The fraction of sp³-hybridized carbons (Fsp3) is 0. The number of hydrazone groups is 1. The van der Waals surface area contributed by atoms with Crippen molar-refractivity contribution in [3.63, 3.8) is 0 Å². The zero-order chi connectivity index (χ0) is 11.4. The maximum atomic E-state index is 12.7. The van der Waals surface area contributed by atoms with Gasteiger partial charge in [-0.05, 0) is 24.4 Å². The van der Waals surface area contributed by atoms with E-state index in [2.05, 4.69) is 22.7 Å². The van der Waals surface area contributed by atoms with Gasteiger partial charge in [0.25, 0.3) is 0 Å². The molecule has 0 aliphatic heterocycles. The first-order valence-electron chi connectivity index (χ1n) is 3.73. The van der Waals surface area contributed by atoms with Crippen molar-refractivity contribution in [1.82, 2.24) is 5.43 Å². The van der Waals surface area contributed by atoms with Crippen molar-refractivity contribution >= 4 is 23.5 Å². The molecule has 7 heteroatoms. The second-order valence-corrected chi connectivity index (χ2v) is 2.97. The molecule has 0 aliphatic rings. The molecule has 15 heavy (non-hydrogen) atoms. The monoisotopic (exact) mass is 233 g/mol. The van der Waals surface area contributed by atoms with Crippen molar-refractivity contribution < 1.29 is 13.2 Å². The highest BCUT2D eigenvalue weighted by molar-refractivity contribution is 7.80. The SMILES string of the molecule is NC(=S)NN=Cc1cc(F)c(F)c(F)c1. The molecule has 3 nitrogen and oxygen atoms in total. The Bertz CT molecular complexity index is 397. The molecule has 0 atom stereocenters. The number of nitrogens with two attached hydrogens (primary N) is 1. The number of benzene rings is 1. The van der Waals surface area contributed by atoms with Crippen LogP contribution in [0.2, 0.25) is 0 Å². The zero-order valence-electron chi connectivity index (χ0n) is 7.30. The molecular formula is C8H6F3N3S. The summed E-state index contributed by atoms with van der Waals surface area (Å²) in [4.78, 5) is 0. The summed E-state index contributed by atoms with van der Waals surface area (Å²) in [5, 5.41) is 3.37. The molecule has 1 rings (SSSR count). The average Bonchev–Trinajstić information content (AvgIpc) is 2.13. The molecule has 0 unspecified atom stereocenters. The highest BCUT2D eigenvalue weighted by Gasteiger charge is 2.09. The van der Waals surface area contributed by atoms with E-state index < -0.39 is 17.5 Å². The molecule has 0 bridgehead atoms. The van der Waals surface area contributed by atoms with Crippen molar-refractivity contribution in [1.29, 1.82) is 0 Å². The van der Waals surface area contributed by atoms with Gasteiger partial charge in [0.05, 0.1) is 6.21 Å². The summed E-state index contributed by atoms with van der Waals surface area (Å²) in [5.74, 6) is -4.09. The van der Waals surface area contributed by atoms with Crippen LogP contribution >= 0.6 is 12.2 Å². The Balaban J connectivity index is 2.87. The van der Waals surface area contributed by atoms with Gasteiger partial charge < -0.3 is 5.73 Å². The average molecular weight is 233 g/mol. The van der Waals surface area contributed by atoms with Crippen LogP contribution in [0.4, 0.5) is 13.2 Å². The lowest BCUT2D eigenvalue weighted by molar-refractivity contribution is 0.447. The third kappa shape index (κ3) is 3.21. The molecule has 0 amide bonds. The van der Waals surface area contributed by atoms with Gasteiger partial charge in [-0.2, -0.15) is 5.10 Å². The lowest BCUT2D eigenvalue weighted by Crippen LogP contribution is -2.24.